The molecular formula is C25H29NO4. The highest BCUT2D eigenvalue weighted by molar-refractivity contribution is 5.71. The molecule has 30 heavy (non-hydrogen) atoms. The van der Waals surface area contributed by atoms with Crippen LogP contribution in [-0.4, -0.2) is 17.7 Å². The maximum Gasteiger partial charge on any atom is 0.307 e. The molecule has 0 saturated carbocycles. The van der Waals surface area contributed by atoms with Crippen LogP contribution < -0.4 is 10.1 Å². The summed E-state index contributed by atoms with van der Waals surface area (Å²) in [5.41, 5.74) is 4.54. The summed E-state index contributed by atoms with van der Waals surface area (Å²) in [6, 6.07) is 16.2. The van der Waals surface area contributed by atoms with E-state index in [2.05, 4.69) is 29.6 Å². The molecule has 5 heteroatoms. The zero-order valence-electron chi connectivity index (χ0n) is 17.6. The third-order valence-corrected chi connectivity index (χ3v) is 6.21. The number of fused-ring (bicyclic) bond motifs is 1. The highest BCUT2D eigenvalue weighted by Crippen LogP contribution is 2.41. The quantitative estimate of drug-likeness (QED) is 0.634. The lowest BCUT2D eigenvalue weighted by Gasteiger charge is -2.19. The maximum atomic E-state index is 11.6. The van der Waals surface area contributed by atoms with E-state index in [9.17, 15) is 9.90 Å². The van der Waals surface area contributed by atoms with E-state index >= 15 is 0 Å². The number of allylic oxidation sites excluding steroid dienone is 1. The van der Waals surface area contributed by atoms with Crippen molar-refractivity contribution in [2.24, 2.45) is 5.92 Å². The molecule has 4 rings (SSSR count). The van der Waals surface area contributed by atoms with Crippen molar-refractivity contribution in [3.05, 3.63) is 76.7 Å². The lowest BCUT2D eigenvalue weighted by atomic mass is 9.85. The van der Waals surface area contributed by atoms with Crippen molar-refractivity contribution in [2.45, 2.75) is 51.7 Å². The van der Waals surface area contributed by atoms with Gasteiger partial charge in [0, 0.05) is 17.7 Å². The van der Waals surface area contributed by atoms with Gasteiger partial charge in [0.1, 0.15) is 11.5 Å². The summed E-state index contributed by atoms with van der Waals surface area (Å²) in [5, 5.41) is 12.9. The Kier molecular flexibility index (Phi) is 5.98. The molecule has 3 atom stereocenters. The number of rotatable bonds is 8. The summed E-state index contributed by atoms with van der Waals surface area (Å²) in [5.74, 6) is 0.868. The number of hydrogen-bond acceptors (Lipinski definition) is 4. The van der Waals surface area contributed by atoms with Crippen molar-refractivity contribution in [1.29, 1.82) is 0 Å². The van der Waals surface area contributed by atoms with Gasteiger partial charge in [-0.05, 0) is 55.4 Å². The number of nitrogens with one attached hydrogen (secondary N) is 1. The van der Waals surface area contributed by atoms with E-state index in [1.807, 2.05) is 38.1 Å². The number of carboxylic acid groups (broad SMARTS) is 1. The summed E-state index contributed by atoms with van der Waals surface area (Å²) in [6.45, 7) is 4.51. The average molecular weight is 408 g/mol. The van der Waals surface area contributed by atoms with Crippen LogP contribution in [0, 0.1) is 5.92 Å². The molecule has 0 radical (unpaired) electrons. The minimum absolute atomic E-state index is 0.109. The van der Waals surface area contributed by atoms with Gasteiger partial charge in [0.05, 0.1) is 12.5 Å². The van der Waals surface area contributed by atoms with Crippen LogP contribution in [0.15, 0.2) is 60.0 Å². The summed E-state index contributed by atoms with van der Waals surface area (Å²) >= 11 is 0. The highest BCUT2D eigenvalue weighted by atomic mass is 16.5. The number of carbonyl (C=O) groups is 1. The van der Waals surface area contributed by atoms with Gasteiger partial charge >= 0.3 is 5.97 Å². The standard InChI is InChI=1S/C25H29NO4/c1-3-20(25(27)28)22-11-9-18-15-19(10-12-21(18)22)29-14-13-23-16(2)26-24(30-23)17-7-5-4-6-8-17/h4-8,10,12,15,20,22,24,26H,3,9,11,13-14H2,1-2H3,(H,27,28). The average Bonchev–Trinajstić information content (AvgIpc) is 3.33. The van der Waals surface area contributed by atoms with Crippen LogP contribution in [-0.2, 0) is 16.0 Å². The van der Waals surface area contributed by atoms with Crippen LogP contribution in [0.3, 0.4) is 0 Å². The van der Waals surface area contributed by atoms with Gasteiger partial charge in [-0.1, -0.05) is 43.3 Å². The number of aliphatic carboxylic acids is 1. The molecule has 1 heterocycles. The number of carboxylic acids is 1. The van der Waals surface area contributed by atoms with Crippen LogP contribution in [0.5, 0.6) is 5.75 Å². The SMILES string of the molecule is CCC(C(=O)O)C1CCc2cc(OCCC3=C(C)NC(c4ccccc4)O3)ccc21. The van der Waals surface area contributed by atoms with Gasteiger partial charge in [-0.15, -0.1) is 0 Å². The number of benzene rings is 2. The minimum Gasteiger partial charge on any atom is -0.493 e. The number of hydrogen-bond donors (Lipinski definition) is 2. The van der Waals surface area contributed by atoms with E-state index in [0.29, 0.717) is 19.4 Å². The molecule has 158 valence electrons. The second kappa shape index (κ2) is 8.82. The largest absolute Gasteiger partial charge is 0.493 e. The molecule has 0 spiro atoms. The molecule has 2 N–H and O–H groups in total. The topological polar surface area (TPSA) is 67.8 Å². The van der Waals surface area contributed by atoms with Crippen molar-refractivity contribution in [1.82, 2.24) is 5.32 Å². The molecule has 3 unspecified atom stereocenters. The second-order valence-corrected chi connectivity index (χ2v) is 8.06. The molecular weight excluding hydrogens is 378 g/mol. The molecule has 2 aromatic carbocycles. The molecule has 5 nitrogen and oxygen atoms in total. The predicted octanol–water partition coefficient (Wildman–Crippen LogP) is 5.15. The Balaban J connectivity index is 1.33. The molecule has 1 aliphatic heterocycles. The summed E-state index contributed by atoms with van der Waals surface area (Å²) in [7, 11) is 0. The molecule has 0 bridgehead atoms. The van der Waals surface area contributed by atoms with Gasteiger partial charge in [-0.25, -0.2) is 0 Å². The molecule has 0 aromatic heterocycles. The Hall–Kier alpha value is -2.95. The molecule has 0 amide bonds. The van der Waals surface area contributed by atoms with Crippen molar-refractivity contribution in [3.8, 4) is 5.75 Å². The van der Waals surface area contributed by atoms with Crippen LogP contribution in [0.1, 0.15) is 61.9 Å². The molecule has 0 fully saturated rings. The van der Waals surface area contributed by atoms with Crippen molar-refractivity contribution >= 4 is 5.97 Å². The van der Waals surface area contributed by atoms with Gasteiger partial charge in [0.2, 0.25) is 0 Å². The Morgan fingerprint density at radius 2 is 2.07 bits per heavy atom. The van der Waals surface area contributed by atoms with E-state index < -0.39 is 5.97 Å². The number of aryl methyl sites for hydroxylation is 1. The summed E-state index contributed by atoms with van der Waals surface area (Å²) < 4.78 is 12.1. The predicted molar refractivity (Wildman–Crippen MR) is 115 cm³/mol. The summed E-state index contributed by atoms with van der Waals surface area (Å²) in [6.07, 6.45) is 3.02. The number of ether oxygens (including phenoxy) is 2. The lowest BCUT2D eigenvalue weighted by Crippen LogP contribution is -2.19. The smallest absolute Gasteiger partial charge is 0.307 e. The van der Waals surface area contributed by atoms with E-state index in [4.69, 9.17) is 9.47 Å². The van der Waals surface area contributed by atoms with Crippen LogP contribution >= 0.6 is 0 Å². The first kappa shape index (κ1) is 20.3. The van der Waals surface area contributed by atoms with E-state index in [0.717, 1.165) is 35.6 Å². The third kappa shape index (κ3) is 4.16. The van der Waals surface area contributed by atoms with Crippen LogP contribution in [0.2, 0.25) is 0 Å². The fraction of sp³-hybridized carbons (Fsp3) is 0.400. The Morgan fingerprint density at radius 3 is 2.80 bits per heavy atom. The molecule has 2 aliphatic rings. The normalized spacial score (nSPS) is 21.0. The molecule has 2 aromatic rings. The van der Waals surface area contributed by atoms with Gasteiger partial charge in [-0.2, -0.15) is 0 Å². The minimum atomic E-state index is -0.696. The molecule has 0 saturated heterocycles. The monoisotopic (exact) mass is 407 g/mol. The Bertz CT molecular complexity index is 937. The maximum absolute atomic E-state index is 11.6. The third-order valence-electron chi connectivity index (χ3n) is 6.21. The van der Waals surface area contributed by atoms with Gasteiger partial charge in [-0.3, -0.25) is 4.79 Å². The lowest BCUT2D eigenvalue weighted by molar-refractivity contribution is -0.142. The first-order valence-electron chi connectivity index (χ1n) is 10.7. The van der Waals surface area contributed by atoms with Gasteiger partial charge in [0.25, 0.3) is 0 Å². The van der Waals surface area contributed by atoms with Gasteiger partial charge < -0.3 is 19.9 Å². The fourth-order valence-electron chi connectivity index (χ4n) is 4.59. The Labute approximate surface area is 177 Å². The van der Waals surface area contributed by atoms with Crippen LogP contribution in [0.25, 0.3) is 0 Å². The molecule has 1 aliphatic carbocycles. The van der Waals surface area contributed by atoms with Crippen molar-refractivity contribution in [3.63, 3.8) is 0 Å². The first-order chi connectivity index (χ1) is 14.6. The zero-order valence-corrected chi connectivity index (χ0v) is 17.6. The van der Waals surface area contributed by atoms with Crippen molar-refractivity contribution in [2.75, 3.05) is 6.61 Å². The first-order valence-corrected chi connectivity index (χ1v) is 10.7. The van der Waals surface area contributed by atoms with E-state index in [-0.39, 0.29) is 18.1 Å². The van der Waals surface area contributed by atoms with Gasteiger partial charge in [0.15, 0.2) is 6.23 Å². The second-order valence-electron chi connectivity index (χ2n) is 8.06. The zero-order chi connectivity index (χ0) is 21.1. The Morgan fingerprint density at radius 1 is 1.27 bits per heavy atom. The highest BCUT2D eigenvalue weighted by Gasteiger charge is 2.33. The van der Waals surface area contributed by atoms with E-state index in [1.54, 1.807) is 0 Å². The van der Waals surface area contributed by atoms with E-state index in [1.165, 1.54) is 11.1 Å². The van der Waals surface area contributed by atoms with Crippen LogP contribution in [0.4, 0.5) is 0 Å². The summed E-state index contributed by atoms with van der Waals surface area (Å²) in [4.78, 5) is 11.6. The fourth-order valence-corrected chi connectivity index (χ4v) is 4.59. The van der Waals surface area contributed by atoms with Crippen molar-refractivity contribution < 1.29 is 19.4 Å².